The van der Waals surface area contributed by atoms with Crippen molar-refractivity contribution in [2.45, 2.75) is 31.6 Å². The SMILES string of the molecule is O=C(O)CCc1noc(C2CCCS(=O)(=O)C2)n1. The second-order valence-corrected chi connectivity index (χ2v) is 6.62. The van der Waals surface area contributed by atoms with E-state index in [0.717, 1.165) is 0 Å². The molecule has 1 fully saturated rings. The molecule has 2 heterocycles. The summed E-state index contributed by atoms with van der Waals surface area (Å²) in [5.41, 5.74) is 0. The van der Waals surface area contributed by atoms with Gasteiger partial charge in [-0.3, -0.25) is 4.79 Å². The Bertz CT molecular complexity index is 536. The summed E-state index contributed by atoms with van der Waals surface area (Å²) in [5.74, 6) is -0.317. The lowest BCUT2D eigenvalue weighted by molar-refractivity contribution is -0.137. The van der Waals surface area contributed by atoms with E-state index in [9.17, 15) is 13.2 Å². The quantitative estimate of drug-likeness (QED) is 0.844. The first-order chi connectivity index (χ1) is 8.46. The third kappa shape index (κ3) is 3.28. The molecule has 0 aromatic carbocycles. The molecule has 2 rings (SSSR count). The average molecular weight is 274 g/mol. The number of sulfone groups is 1. The van der Waals surface area contributed by atoms with Crippen LogP contribution < -0.4 is 0 Å². The molecule has 1 aliphatic rings. The standard InChI is InChI=1S/C10H14N2O5S/c13-9(14)4-3-8-11-10(17-12-8)7-2-1-5-18(15,16)6-7/h7H,1-6H2,(H,13,14). The number of aryl methyl sites for hydroxylation is 1. The molecule has 0 radical (unpaired) electrons. The zero-order chi connectivity index (χ0) is 13.2. The first-order valence-corrected chi connectivity index (χ1v) is 7.53. The maximum Gasteiger partial charge on any atom is 0.303 e. The molecule has 0 amide bonds. The predicted octanol–water partition coefficient (Wildman–Crippen LogP) is 0.379. The summed E-state index contributed by atoms with van der Waals surface area (Å²) >= 11 is 0. The van der Waals surface area contributed by atoms with Crippen molar-refractivity contribution in [1.29, 1.82) is 0 Å². The molecule has 0 spiro atoms. The van der Waals surface area contributed by atoms with Gasteiger partial charge in [0.25, 0.3) is 0 Å². The lowest BCUT2D eigenvalue weighted by Gasteiger charge is -2.17. The average Bonchev–Trinajstić information content (AvgIpc) is 2.73. The van der Waals surface area contributed by atoms with Gasteiger partial charge in [-0.1, -0.05) is 5.16 Å². The summed E-state index contributed by atoms with van der Waals surface area (Å²) < 4.78 is 28.0. The third-order valence-electron chi connectivity index (χ3n) is 2.86. The Labute approximate surface area is 104 Å². The van der Waals surface area contributed by atoms with Gasteiger partial charge in [0, 0.05) is 6.42 Å². The highest BCUT2D eigenvalue weighted by Gasteiger charge is 2.29. The van der Waals surface area contributed by atoms with Gasteiger partial charge in [-0.2, -0.15) is 4.98 Å². The second kappa shape index (κ2) is 5.05. The Morgan fingerprint density at radius 1 is 1.50 bits per heavy atom. The second-order valence-electron chi connectivity index (χ2n) is 4.40. The number of hydrogen-bond acceptors (Lipinski definition) is 6. The molecule has 8 heteroatoms. The maximum absolute atomic E-state index is 11.5. The molecule has 1 aromatic rings. The van der Waals surface area contributed by atoms with Gasteiger partial charge in [0.15, 0.2) is 15.7 Å². The van der Waals surface area contributed by atoms with Crippen LogP contribution in [-0.2, 0) is 21.1 Å². The van der Waals surface area contributed by atoms with Crippen molar-refractivity contribution >= 4 is 15.8 Å². The van der Waals surface area contributed by atoms with Gasteiger partial charge >= 0.3 is 5.97 Å². The van der Waals surface area contributed by atoms with Crippen LogP contribution in [0.25, 0.3) is 0 Å². The van der Waals surface area contributed by atoms with Crippen LogP contribution in [0.1, 0.15) is 36.9 Å². The number of rotatable bonds is 4. The summed E-state index contributed by atoms with van der Waals surface area (Å²) in [4.78, 5) is 14.5. The lowest BCUT2D eigenvalue weighted by atomic mass is 10.1. The van der Waals surface area contributed by atoms with Crippen LogP contribution in [-0.4, -0.2) is 41.1 Å². The van der Waals surface area contributed by atoms with Crippen LogP contribution in [0.2, 0.25) is 0 Å². The Morgan fingerprint density at radius 2 is 2.28 bits per heavy atom. The van der Waals surface area contributed by atoms with E-state index >= 15 is 0 Å². The number of carboxylic acid groups (broad SMARTS) is 1. The minimum atomic E-state index is -3.02. The first kappa shape index (κ1) is 13.0. The highest BCUT2D eigenvalue weighted by atomic mass is 32.2. The summed E-state index contributed by atoms with van der Waals surface area (Å²) in [6.07, 6.45) is 1.43. The molecule has 0 saturated carbocycles. The van der Waals surface area contributed by atoms with E-state index in [1.54, 1.807) is 0 Å². The first-order valence-electron chi connectivity index (χ1n) is 5.71. The van der Waals surface area contributed by atoms with Gasteiger partial charge in [-0.15, -0.1) is 0 Å². The fourth-order valence-corrected chi connectivity index (χ4v) is 3.67. The van der Waals surface area contributed by atoms with Crippen molar-refractivity contribution in [2.75, 3.05) is 11.5 Å². The zero-order valence-electron chi connectivity index (χ0n) is 9.70. The van der Waals surface area contributed by atoms with Crippen LogP contribution in [0.4, 0.5) is 0 Å². The van der Waals surface area contributed by atoms with E-state index in [0.29, 0.717) is 24.6 Å². The maximum atomic E-state index is 11.5. The zero-order valence-corrected chi connectivity index (χ0v) is 10.5. The predicted molar refractivity (Wildman–Crippen MR) is 60.9 cm³/mol. The molecule has 0 aliphatic carbocycles. The monoisotopic (exact) mass is 274 g/mol. The molecule has 1 saturated heterocycles. The number of aliphatic carboxylic acids is 1. The number of carbonyl (C=O) groups is 1. The summed E-state index contributed by atoms with van der Waals surface area (Å²) in [5, 5.41) is 12.2. The Kier molecular flexibility index (Phi) is 3.65. The molecule has 18 heavy (non-hydrogen) atoms. The molecule has 100 valence electrons. The minimum Gasteiger partial charge on any atom is -0.481 e. The van der Waals surface area contributed by atoms with Crippen LogP contribution in [0.3, 0.4) is 0 Å². The number of aromatic nitrogens is 2. The lowest BCUT2D eigenvalue weighted by Crippen LogP contribution is -2.23. The van der Waals surface area contributed by atoms with Gasteiger partial charge in [0.2, 0.25) is 5.89 Å². The molecular weight excluding hydrogens is 260 g/mol. The fourth-order valence-electron chi connectivity index (χ4n) is 1.97. The molecule has 7 nitrogen and oxygen atoms in total. The third-order valence-corrected chi connectivity index (χ3v) is 4.68. The van der Waals surface area contributed by atoms with Gasteiger partial charge in [0.05, 0.1) is 23.8 Å². The smallest absolute Gasteiger partial charge is 0.303 e. The van der Waals surface area contributed by atoms with Crippen molar-refractivity contribution < 1.29 is 22.8 Å². The van der Waals surface area contributed by atoms with Crippen molar-refractivity contribution in [3.8, 4) is 0 Å². The molecule has 0 bridgehead atoms. The number of hydrogen-bond donors (Lipinski definition) is 1. The molecular formula is C10H14N2O5S. The van der Waals surface area contributed by atoms with Crippen LogP contribution in [0.15, 0.2) is 4.52 Å². The van der Waals surface area contributed by atoms with E-state index < -0.39 is 15.8 Å². The van der Waals surface area contributed by atoms with E-state index in [1.807, 2.05) is 0 Å². The molecule has 1 atom stereocenters. The van der Waals surface area contributed by atoms with Gasteiger partial charge in [-0.25, -0.2) is 8.42 Å². The van der Waals surface area contributed by atoms with Crippen molar-refractivity contribution in [3.63, 3.8) is 0 Å². The fraction of sp³-hybridized carbons (Fsp3) is 0.700. The van der Waals surface area contributed by atoms with Crippen LogP contribution >= 0.6 is 0 Å². The van der Waals surface area contributed by atoms with E-state index in [1.165, 1.54) is 0 Å². The highest BCUT2D eigenvalue weighted by molar-refractivity contribution is 7.91. The van der Waals surface area contributed by atoms with Gasteiger partial charge < -0.3 is 9.63 Å². The van der Waals surface area contributed by atoms with Gasteiger partial charge in [0.1, 0.15) is 0 Å². The van der Waals surface area contributed by atoms with E-state index in [-0.39, 0.29) is 30.3 Å². The number of nitrogens with zero attached hydrogens (tertiary/aromatic N) is 2. The molecule has 1 N–H and O–H groups in total. The van der Waals surface area contributed by atoms with Crippen molar-refractivity contribution in [3.05, 3.63) is 11.7 Å². The molecule has 1 unspecified atom stereocenters. The summed E-state index contributed by atoms with van der Waals surface area (Å²) in [7, 11) is -3.02. The molecule has 1 aromatic heterocycles. The van der Waals surface area contributed by atoms with E-state index in [4.69, 9.17) is 9.63 Å². The number of carboxylic acids is 1. The van der Waals surface area contributed by atoms with Crippen LogP contribution in [0.5, 0.6) is 0 Å². The highest BCUT2D eigenvalue weighted by Crippen LogP contribution is 2.27. The van der Waals surface area contributed by atoms with Crippen molar-refractivity contribution in [2.24, 2.45) is 0 Å². The summed E-state index contributed by atoms with van der Waals surface area (Å²) in [6.45, 7) is 0. The Morgan fingerprint density at radius 3 is 2.94 bits per heavy atom. The Balaban J connectivity index is 2.03. The minimum absolute atomic E-state index is 0.0353. The van der Waals surface area contributed by atoms with Gasteiger partial charge in [-0.05, 0) is 12.8 Å². The van der Waals surface area contributed by atoms with E-state index in [2.05, 4.69) is 10.1 Å². The van der Waals surface area contributed by atoms with Crippen LogP contribution in [0, 0.1) is 0 Å². The normalized spacial score (nSPS) is 22.8. The summed E-state index contributed by atoms with van der Waals surface area (Å²) in [6, 6.07) is 0. The van der Waals surface area contributed by atoms with Crippen molar-refractivity contribution in [1.82, 2.24) is 10.1 Å². The largest absolute Gasteiger partial charge is 0.481 e. The molecule has 1 aliphatic heterocycles. The Hall–Kier alpha value is -1.44. The topological polar surface area (TPSA) is 110 Å².